The molecule has 3 heteroatoms. The predicted octanol–water partition coefficient (Wildman–Crippen LogP) is 2.44. The van der Waals surface area contributed by atoms with Crippen LogP contribution >= 0.6 is 0 Å². The van der Waals surface area contributed by atoms with Gasteiger partial charge in [-0.1, -0.05) is 32.8 Å². The van der Waals surface area contributed by atoms with Gasteiger partial charge < -0.3 is 9.84 Å². The molecule has 0 amide bonds. The summed E-state index contributed by atoms with van der Waals surface area (Å²) in [4.78, 5) is 11.2. The quantitative estimate of drug-likeness (QED) is 0.383. The first kappa shape index (κ1) is 14.2. The van der Waals surface area contributed by atoms with Crippen molar-refractivity contribution in [2.45, 2.75) is 52.1 Å². The van der Waals surface area contributed by atoms with Gasteiger partial charge in [0.1, 0.15) is 0 Å². The number of hydrogen-bond donors (Lipinski definition) is 1. The molecule has 0 saturated carbocycles. The van der Waals surface area contributed by atoms with Crippen LogP contribution in [0.25, 0.3) is 0 Å². The van der Waals surface area contributed by atoms with Gasteiger partial charge in [0, 0.05) is 12.0 Å². The fraction of sp³-hybridized carbons (Fsp3) is 0.750. The van der Waals surface area contributed by atoms with E-state index in [0.29, 0.717) is 18.6 Å². The van der Waals surface area contributed by atoms with Crippen molar-refractivity contribution in [1.29, 1.82) is 0 Å². The standard InChI is InChI=1S/C12H22O3/c1-4-6-7-8-11(13)9-10(3)12(14)15-5-2/h11,13H,3-9H2,1-2H3. The van der Waals surface area contributed by atoms with Gasteiger partial charge in [-0.05, 0) is 13.3 Å². The zero-order valence-corrected chi connectivity index (χ0v) is 9.79. The lowest BCUT2D eigenvalue weighted by molar-refractivity contribution is -0.138. The van der Waals surface area contributed by atoms with Crippen LogP contribution in [0.2, 0.25) is 0 Å². The van der Waals surface area contributed by atoms with E-state index in [4.69, 9.17) is 4.74 Å². The van der Waals surface area contributed by atoms with Gasteiger partial charge in [-0.2, -0.15) is 0 Å². The molecule has 0 saturated heterocycles. The smallest absolute Gasteiger partial charge is 0.333 e. The number of ether oxygens (including phenoxy) is 1. The van der Waals surface area contributed by atoms with Gasteiger partial charge in [0.2, 0.25) is 0 Å². The predicted molar refractivity (Wildman–Crippen MR) is 60.5 cm³/mol. The van der Waals surface area contributed by atoms with Gasteiger partial charge in [-0.15, -0.1) is 0 Å². The topological polar surface area (TPSA) is 46.5 Å². The lowest BCUT2D eigenvalue weighted by Crippen LogP contribution is -2.14. The van der Waals surface area contributed by atoms with Crippen LogP contribution in [0.3, 0.4) is 0 Å². The third kappa shape index (κ3) is 7.14. The second-order valence-electron chi connectivity index (χ2n) is 3.68. The van der Waals surface area contributed by atoms with Crippen LogP contribution in [0.1, 0.15) is 46.0 Å². The highest BCUT2D eigenvalue weighted by molar-refractivity contribution is 5.87. The SMILES string of the molecule is C=C(CC(O)CCCCC)C(=O)OCC. The van der Waals surface area contributed by atoms with Gasteiger partial charge in [-0.25, -0.2) is 4.79 Å². The van der Waals surface area contributed by atoms with Gasteiger partial charge in [0.15, 0.2) is 0 Å². The summed E-state index contributed by atoms with van der Waals surface area (Å²) < 4.78 is 4.78. The molecule has 0 aliphatic heterocycles. The van der Waals surface area contributed by atoms with E-state index >= 15 is 0 Å². The Morgan fingerprint density at radius 3 is 2.60 bits per heavy atom. The van der Waals surface area contributed by atoms with Crippen LogP contribution < -0.4 is 0 Å². The zero-order chi connectivity index (χ0) is 11.7. The molecule has 15 heavy (non-hydrogen) atoms. The molecule has 3 nitrogen and oxygen atoms in total. The minimum Gasteiger partial charge on any atom is -0.463 e. The lowest BCUT2D eigenvalue weighted by Gasteiger charge is -2.11. The zero-order valence-electron chi connectivity index (χ0n) is 9.79. The Hall–Kier alpha value is -0.830. The number of aliphatic hydroxyl groups is 1. The number of carbonyl (C=O) groups is 1. The third-order valence-corrected chi connectivity index (χ3v) is 2.19. The molecule has 0 bridgehead atoms. The largest absolute Gasteiger partial charge is 0.463 e. The van der Waals surface area contributed by atoms with Crippen LogP contribution in [-0.4, -0.2) is 23.8 Å². The molecular weight excluding hydrogens is 192 g/mol. The molecule has 0 aliphatic rings. The fourth-order valence-corrected chi connectivity index (χ4v) is 1.33. The van der Waals surface area contributed by atoms with Crippen molar-refractivity contribution in [1.82, 2.24) is 0 Å². The highest BCUT2D eigenvalue weighted by Gasteiger charge is 2.12. The van der Waals surface area contributed by atoms with Crippen LogP contribution in [0.5, 0.6) is 0 Å². The van der Waals surface area contributed by atoms with Gasteiger partial charge >= 0.3 is 5.97 Å². The molecule has 0 aromatic rings. The van der Waals surface area contributed by atoms with Gasteiger partial charge in [0.05, 0.1) is 12.7 Å². The molecule has 1 N–H and O–H groups in total. The first-order valence-electron chi connectivity index (χ1n) is 5.64. The maximum absolute atomic E-state index is 11.2. The molecular formula is C12H22O3. The Morgan fingerprint density at radius 1 is 1.40 bits per heavy atom. The highest BCUT2D eigenvalue weighted by atomic mass is 16.5. The van der Waals surface area contributed by atoms with Crippen molar-refractivity contribution >= 4 is 5.97 Å². The molecule has 1 atom stereocenters. The number of esters is 1. The fourth-order valence-electron chi connectivity index (χ4n) is 1.33. The molecule has 1 unspecified atom stereocenters. The van der Waals surface area contributed by atoms with E-state index in [1.165, 1.54) is 0 Å². The van der Waals surface area contributed by atoms with Crippen molar-refractivity contribution in [3.05, 3.63) is 12.2 Å². The van der Waals surface area contributed by atoms with E-state index in [-0.39, 0.29) is 0 Å². The van der Waals surface area contributed by atoms with E-state index < -0.39 is 12.1 Å². The first-order chi connectivity index (χ1) is 7.11. The summed E-state index contributed by atoms with van der Waals surface area (Å²) in [5.74, 6) is -0.396. The second kappa shape index (κ2) is 8.48. The van der Waals surface area contributed by atoms with Crippen molar-refractivity contribution in [3.63, 3.8) is 0 Å². The number of hydrogen-bond acceptors (Lipinski definition) is 3. The van der Waals surface area contributed by atoms with Crippen molar-refractivity contribution < 1.29 is 14.6 Å². The minimum absolute atomic E-state index is 0.322. The average molecular weight is 214 g/mol. The summed E-state index contributed by atoms with van der Waals surface area (Å²) in [5.41, 5.74) is 0.362. The highest BCUT2D eigenvalue weighted by Crippen LogP contribution is 2.11. The van der Waals surface area contributed by atoms with Crippen molar-refractivity contribution in [2.24, 2.45) is 0 Å². The minimum atomic E-state index is -0.464. The van der Waals surface area contributed by atoms with Gasteiger partial charge in [-0.3, -0.25) is 0 Å². The molecule has 0 fully saturated rings. The Kier molecular flexibility index (Phi) is 8.01. The number of unbranched alkanes of at least 4 members (excludes halogenated alkanes) is 2. The van der Waals surface area contributed by atoms with E-state index in [1.807, 2.05) is 0 Å². The van der Waals surface area contributed by atoms with Crippen LogP contribution in [0.4, 0.5) is 0 Å². The summed E-state index contributed by atoms with van der Waals surface area (Å²) >= 11 is 0. The third-order valence-electron chi connectivity index (χ3n) is 2.19. The molecule has 88 valence electrons. The molecule has 0 aromatic heterocycles. The summed E-state index contributed by atoms with van der Waals surface area (Å²) in [6.45, 7) is 7.83. The maximum Gasteiger partial charge on any atom is 0.333 e. The Bertz CT molecular complexity index is 199. The average Bonchev–Trinajstić information content (AvgIpc) is 2.18. The molecule has 0 radical (unpaired) electrons. The van der Waals surface area contributed by atoms with E-state index in [0.717, 1.165) is 25.7 Å². The first-order valence-corrected chi connectivity index (χ1v) is 5.64. The molecule has 0 heterocycles. The summed E-state index contributed by atoms with van der Waals surface area (Å²) in [6, 6.07) is 0. The Morgan fingerprint density at radius 2 is 2.07 bits per heavy atom. The molecule has 0 spiro atoms. The number of aliphatic hydroxyl groups excluding tert-OH is 1. The van der Waals surface area contributed by atoms with E-state index in [2.05, 4.69) is 13.5 Å². The molecule has 0 rings (SSSR count). The summed E-state index contributed by atoms with van der Waals surface area (Å²) in [7, 11) is 0. The summed E-state index contributed by atoms with van der Waals surface area (Å²) in [6.07, 6.45) is 3.82. The Labute approximate surface area is 92.1 Å². The van der Waals surface area contributed by atoms with E-state index in [1.54, 1.807) is 6.92 Å². The van der Waals surface area contributed by atoms with Crippen LogP contribution in [-0.2, 0) is 9.53 Å². The Balaban J connectivity index is 3.70. The monoisotopic (exact) mass is 214 g/mol. The number of rotatable bonds is 8. The number of carbonyl (C=O) groups excluding carboxylic acids is 1. The molecule has 0 aromatic carbocycles. The van der Waals surface area contributed by atoms with Crippen molar-refractivity contribution in [2.75, 3.05) is 6.61 Å². The maximum atomic E-state index is 11.2. The normalized spacial score (nSPS) is 12.2. The second-order valence-corrected chi connectivity index (χ2v) is 3.68. The summed E-state index contributed by atoms with van der Waals surface area (Å²) in [5, 5.41) is 9.59. The van der Waals surface area contributed by atoms with Crippen LogP contribution in [0, 0.1) is 0 Å². The lowest BCUT2D eigenvalue weighted by atomic mass is 10.0. The van der Waals surface area contributed by atoms with Crippen molar-refractivity contribution in [3.8, 4) is 0 Å². The van der Waals surface area contributed by atoms with E-state index in [9.17, 15) is 9.90 Å². The molecule has 0 aliphatic carbocycles. The van der Waals surface area contributed by atoms with Crippen LogP contribution in [0.15, 0.2) is 12.2 Å². The van der Waals surface area contributed by atoms with Gasteiger partial charge in [0.25, 0.3) is 0 Å².